The van der Waals surface area contributed by atoms with Crippen molar-refractivity contribution in [1.29, 1.82) is 0 Å². The van der Waals surface area contributed by atoms with Gasteiger partial charge in [-0.25, -0.2) is 4.98 Å². The van der Waals surface area contributed by atoms with Gasteiger partial charge in [0, 0.05) is 17.3 Å². The van der Waals surface area contributed by atoms with Crippen LogP contribution in [0.25, 0.3) is 10.7 Å². The van der Waals surface area contributed by atoms with Crippen molar-refractivity contribution in [2.45, 2.75) is 6.92 Å². The molecule has 2 aromatic heterocycles. The monoisotopic (exact) mass is 295 g/mol. The highest BCUT2D eigenvalue weighted by atomic mass is 32.1. The molecular weight excluding hydrogens is 282 g/mol. The molecule has 2 heterocycles. The van der Waals surface area contributed by atoms with Crippen LogP contribution in [-0.4, -0.2) is 15.9 Å². The third kappa shape index (κ3) is 3.14. The number of carbonyl (C=O) groups excluding carboxylic acids is 1. The molecule has 0 spiro atoms. The number of hydrogen-bond acceptors (Lipinski definition) is 4. The molecule has 1 amide bonds. The second-order valence-electron chi connectivity index (χ2n) is 4.58. The first-order valence-electron chi connectivity index (χ1n) is 6.47. The molecule has 1 N–H and O–H groups in total. The molecule has 0 bridgehead atoms. The van der Waals surface area contributed by atoms with Crippen LogP contribution in [0.5, 0.6) is 0 Å². The van der Waals surface area contributed by atoms with Crippen molar-refractivity contribution in [3.8, 4) is 10.7 Å². The van der Waals surface area contributed by atoms with Crippen LogP contribution < -0.4 is 5.32 Å². The first-order valence-corrected chi connectivity index (χ1v) is 7.35. The normalized spacial score (nSPS) is 10.3. The van der Waals surface area contributed by atoms with Gasteiger partial charge in [0.05, 0.1) is 5.69 Å². The van der Waals surface area contributed by atoms with E-state index in [1.54, 1.807) is 11.6 Å². The Morgan fingerprint density at radius 2 is 2.10 bits per heavy atom. The van der Waals surface area contributed by atoms with Gasteiger partial charge in [0.1, 0.15) is 10.7 Å². The molecular formula is C16H13N3OS. The molecule has 0 saturated carbocycles. The maximum atomic E-state index is 12.2. The van der Waals surface area contributed by atoms with Crippen molar-refractivity contribution in [1.82, 2.24) is 9.97 Å². The Morgan fingerprint density at radius 1 is 1.19 bits per heavy atom. The predicted octanol–water partition coefficient (Wildman–Crippen LogP) is 3.77. The summed E-state index contributed by atoms with van der Waals surface area (Å²) >= 11 is 1.41. The van der Waals surface area contributed by atoms with E-state index in [1.807, 2.05) is 49.4 Å². The Balaban J connectivity index is 1.78. The Labute approximate surface area is 126 Å². The highest BCUT2D eigenvalue weighted by Gasteiger charge is 2.12. The van der Waals surface area contributed by atoms with Gasteiger partial charge in [-0.3, -0.25) is 9.78 Å². The maximum Gasteiger partial charge on any atom is 0.275 e. The zero-order valence-corrected chi connectivity index (χ0v) is 12.2. The summed E-state index contributed by atoms with van der Waals surface area (Å²) in [5.74, 6) is -0.209. The summed E-state index contributed by atoms with van der Waals surface area (Å²) in [5.41, 5.74) is 3.05. The van der Waals surface area contributed by atoms with Gasteiger partial charge in [0.25, 0.3) is 5.91 Å². The molecule has 0 aliphatic rings. The third-order valence-electron chi connectivity index (χ3n) is 2.90. The topological polar surface area (TPSA) is 54.9 Å². The standard InChI is InChI=1S/C16H13N3OS/c1-11-5-4-6-12(9-11)18-15(20)14-10-21-16(19-14)13-7-2-3-8-17-13/h2-10H,1H3,(H,18,20). The van der Waals surface area contributed by atoms with Gasteiger partial charge in [-0.2, -0.15) is 0 Å². The van der Waals surface area contributed by atoms with Crippen LogP contribution in [0.15, 0.2) is 54.0 Å². The molecule has 0 aliphatic carbocycles. The lowest BCUT2D eigenvalue weighted by atomic mass is 10.2. The second kappa shape index (κ2) is 5.85. The molecule has 4 nitrogen and oxygen atoms in total. The van der Waals surface area contributed by atoms with Crippen LogP contribution in [0.4, 0.5) is 5.69 Å². The number of rotatable bonds is 3. The largest absolute Gasteiger partial charge is 0.321 e. The summed E-state index contributed by atoms with van der Waals surface area (Å²) in [5, 5.41) is 5.33. The van der Waals surface area contributed by atoms with E-state index in [9.17, 15) is 4.79 Å². The number of aromatic nitrogens is 2. The van der Waals surface area contributed by atoms with Crippen LogP contribution in [0.3, 0.4) is 0 Å². The molecule has 0 fully saturated rings. The Bertz CT molecular complexity index is 768. The van der Waals surface area contributed by atoms with E-state index in [1.165, 1.54) is 11.3 Å². The van der Waals surface area contributed by atoms with Gasteiger partial charge < -0.3 is 5.32 Å². The average molecular weight is 295 g/mol. The minimum atomic E-state index is -0.209. The molecule has 0 radical (unpaired) electrons. The first-order chi connectivity index (χ1) is 10.2. The van der Waals surface area contributed by atoms with Gasteiger partial charge in [-0.1, -0.05) is 18.2 Å². The lowest BCUT2D eigenvalue weighted by Gasteiger charge is -2.03. The Kier molecular flexibility index (Phi) is 3.75. The number of hydrogen-bond donors (Lipinski definition) is 1. The minimum absolute atomic E-state index is 0.209. The van der Waals surface area contributed by atoms with E-state index >= 15 is 0 Å². The molecule has 21 heavy (non-hydrogen) atoms. The van der Waals surface area contributed by atoms with E-state index in [0.29, 0.717) is 5.69 Å². The zero-order chi connectivity index (χ0) is 14.7. The van der Waals surface area contributed by atoms with Crippen LogP contribution in [0.1, 0.15) is 16.1 Å². The smallest absolute Gasteiger partial charge is 0.275 e. The molecule has 3 rings (SSSR count). The van der Waals surface area contributed by atoms with Crippen LogP contribution >= 0.6 is 11.3 Å². The molecule has 0 unspecified atom stereocenters. The first kappa shape index (κ1) is 13.5. The molecule has 3 aromatic rings. The van der Waals surface area contributed by atoms with Crippen molar-refractivity contribution < 1.29 is 4.79 Å². The van der Waals surface area contributed by atoms with E-state index in [2.05, 4.69) is 15.3 Å². The molecule has 5 heteroatoms. The minimum Gasteiger partial charge on any atom is -0.321 e. The maximum absolute atomic E-state index is 12.2. The zero-order valence-electron chi connectivity index (χ0n) is 11.4. The van der Waals surface area contributed by atoms with Crippen LogP contribution in [0, 0.1) is 6.92 Å². The van der Waals surface area contributed by atoms with E-state index in [4.69, 9.17) is 0 Å². The molecule has 0 saturated heterocycles. The van der Waals surface area contributed by atoms with E-state index in [0.717, 1.165) is 22.0 Å². The number of carbonyl (C=O) groups is 1. The van der Waals surface area contributed by atoms with Gasteiger partial charge in [0.2, 0.25) is 0 Å². The van der Waals surface area contributed by atoms with Crippen molar-refractivity contribution in [2.24, 2.45) is 0 Å². The number of anilines is 1. The summed E-state index contributed by atoms with van der Waals surface area (Å²) in [7, 11) is 0. The molecule has 0 atom stereocenters. The van der Waals surface area contributed by atoms with Crippen molar-refractivity contribution in [3.05, 3.63) is 65.3 Å². The predicted molar refractivity (Wildman–Crippen MR) is 84.5 cm³/mol. The quantitative estimate of drug-likeness (QED) is 0.800. The van der Waals surface area contributed by atoms with Gasteiger partial charge in [-0.05, 0) is 36.8 Å². The summed E-state index contributed by atoms with van der Waals surface area (Å²) in [6, 6.07) is 13.3. The van der Waals surface area contributed by atoms with Crippen molar-refractivity contribution in [2.75, 3.05) is 5.32 Å². The highest BCUT2D eigenvalue weighted by molar-refractivity contribution is 7.13. The number of thiazole rings is 1. The fourth-order valence-electron chi connectivity index (χ4n) is 1.90. The van der Waals surface area contributed by atoms with Crippen LogP contribution in [-0.2, 0) is 0 Å². The van der Waals surface area contributed by atoms with E-state index < -0.39 is 0 Å². The number of nitrogens with zero attached hydrogens (tertiary/aromatic N) is 2. The SMILES string of the molecule is Cc1cccc(NC(=O)c2csc(-c3ccccn3)n2)c1. The van der Waals surface area contributed by atoms with Gasteiger partial charge >= 0.3 is 0 Å². The average Bonchev–Trinajstić information content (AvgIpc) is 2.98. The summed E-state index contributed by atoms with van der Waals surface area (Å²) in [6.45, 7) is 1.98. The summed E-state index contributed by atoms with van der Waals surface area (Å²) < 4.78 is 0. The van der Waals surface area contributed by atoms with Gasteiger partial charge in [0.15, 0.2) is 0 Å². The molecule has 1 aromatic carbocycles. The number of nitrogens with one attached hydrogen (secondary N) is 1. The number of aryl methyl sites for hydroxylation is 1. The fraction of sp³-hybridized carbons (Fsp3) is 0.0625. The second-order valence-corrected chi connectivity index (χ2v) is 5.43. The van der Waals surface area contributed by atoms with E-state index in [-0.39, 0.29) is 5.91 Å². The highest BCUT2D eigenvalue weighted by Crippen LogP contribution is 2.22. The number of pyridine rings is 1. The lowest BCUT2D eigenvalue weighted by molar-refractivity contribution is 0.102. The van der Waals surface area contributed by atoms with Crippen LogP contribution in [0.2, 0.25) is 0 Å². The lowest BCUT2D eigenvalue weighted by Crippen LogP contribution is -2.12. The third-order valence-corrected chi connectivity index (χ3v) is 3.76. The Morgan fingerprint density at radius 3 is 2.86 bits per heavy atom. The number of amides is 1. The molecule has 0 aliphatic heterocycles. The van der Waals surface area contributed by atoms with Crippen molar-refractivity contribution >= 4 is 22.9 Å². The fourth-order valence-corrected chi connectivity index (χ4v) is 2.68. The van der Waals surface area contributed by atoms with Crippen molar-refractivity contribution in [3.63, 3.8) is 0 Å². The summed E-state index contributed by atoms with van der Waals surface area (Å²) in [4.78, 5) is 20.8. The van der Waals surface area contributed by atoms with Gasteiger partial charge in [-0.15, -0.1) is 11.3 Å². The number of benzene rings is 1. The Hall–Kier alpha value is -2.53. The molecule has 104 valence electrons. The summed E-state index contributed by atoms with van der Waals surface area (Å²) in [6.07, 6.45) is 1.71.